The Morgan fingerprint density at radius 3 is 2.76 bits per heavy atom. The smallest absolute Gasteiger partial charge is 0.227 e. The van der Waals surface area contributed by atoms with Gasteiger partial charge in [0, 0.05) is 25.6 Å². The van der Waals surface area contributed by atoms with Crippen LogP contribution in [-0.4, -0.2) is 38.0 Å². The lowest BCUT2D eigenvalue weighted by Gasteiger charge is -2.34. The molecule has 1 unspecified atom stereocenters. The number of piperidine rings is 1. The highest BCUT2D eigenvalue weighted by molar-refractivity contribution is 6.00. The summed E-state index contributed by atoms with van der Waals surface area (Å²) in [6.45, 7) is 4.71. The molecule has 7 heteroatoms. The number of nitrogens with zero attached hydrogens (tertiary/aromatic N) is 1. The average molecular weight is 351 g/mol. The normalized spacial score (nSPS) is 22.9. The van der Waals surface area contributed by atoms with Crippen LogP contribution in [0.25, 0.3) is 0 Å². The van der Waals surface area contributed by atoms with Gasteiger partial charge in [0.1, 0.15) is 11.6 Å². The summed E-state index contributed by atoms with van der Waals surface area (Å²) in [4.78, 5) is 25.8. The molecule has 2 fully saturated rings. The molecule has 1 aromatic carbocycles. The van der Waals surface area contributed by atoms with Gasteiger partial charge in [-0.15, -0.1) is 0 Å². The standard InChI is InChI=1S/C18H23F2N3O2/c1-18(4-6-21-7-5-18)11-22-17(25)12-8-16(24)23(10-12)15-3-2-13(19)9-14(15)20/h2-3,9,12,21H,4-8,10-11H2,1H3,(H,22,25). The Morgan fingerprint density at radius 2 is 2.08 bits per heavy atom. The molecule has 2 amide bonds. The number of carbonyl (C=O) groups is 2. The first kappa shape index (κ1) is 17.8. The molecule has 2 saturated heterocycles. The van der Waals surface area contributed by atoms with E-state index in [1.165, 1.54) is 11.0 Å². The molecule has 0 radical (unpaired) electrons. The van der Waals surface area contributed by atoms with Crippen LogP contribution in [-0.2, 0) is 9.59 Å². The van der Waals surface area contributed by atoms with Crippen molar-refractivity contribution in [3.8, 4) is 0 Å². The van der Waals surface area contributed by atoms with Crippen LogP contribution < -0.4 is 15.5 Å². The molecule has 136 valence electrons. The molecule has 1 aromatic rings. The van der Waals surface area contributed by atoms with Crippen LogP contribution in [0.5, 0.6) is 0 Å². The van der Waals surface area contributed by atoms with E-state index in [0.29, 0.717) is 6.54 Å². The second kappa shape index (κ2) is 7.07. The average Bonchev–Trinajstić information content (AvgIpc) is 2.95. The minimum atomic E-state index is -0.795. The molecule has 5 nitrogen and oxygen atoms in total. The van der Waals surface area contributed by atoms with Crippen molar-refractivity contribution in [1.29, 1.82) is 0 Å². The number of carbonyl (C=O) groups excluding carboxylic acids is 2. The lowest BCUT2D eigenvalue weighted by Crippen LogP contribution is -2.44. The first-order chi connectivity index (χ1) is 11.9. The van der Waals surface area contributed by atoms with Gasteiger partial charge in [0.05, 0.1) is 11.6 Å². The Labute approximate surface area is 145 Å². The van der Waals surface area contributed by atoms with Crippen LogP contribution >= 0.6 is 0 Å². The molecule has 2 heterocycles. The zero-order valence-electron chi connectivity index (χ0n) is 14.3. The van der Waals surface area contributed by atoms with E-state index in [-0.39, 0.29) is 35.9 Å². The van der Waals surface area contributed by atoms with E-state index in [9.17, 15) is 18.4 Å². The van der Waals surface area contributed by atoms with E-state index in [0.717, 1.165) is 38.1 Å². The summed E-state index contributed by atoms with van der Waals surface area (Å²) in [6.07, 6.45) is 2.02. The van der Waals surface area contributed by atoms with Crippen molar-refractivity contribution >= 4 is 17.5 Å². The van der Waals surface area contributed by atoms with Gasteiger partial charge in [-0.05, 0) is 43.5 Å². The van der Waals surface area contributed by atoms with Crippen molar-refractivity contribution in [1.82, 2.24) is 10.6 Å². The predicted octanol–water partition coefficient (Wildman–Crippen LogP) is 1.82. The second-order valence-electron chi connectivity index (χ2n) is 7.28. The summed E-state index contributed by atoms with van der Waals surface area (Å²) in [5.74, 6) is -2.51. The zero-order valence-corrected chi connectivity index (χ0v) is 14.3. The van der Waals surface area contributed by atoms with Crippen molar-refractivity contribution < 1.29 is 18.4 Å². The van der Waals surface area contributed by atoms with Gasteiger partial charge in [-0.2, -0.15) is 0 Å². The van der Waals surface area contributed by atoms with Crippen molar-refractivity contribution in [2.45, 2.75) is 26.2 Å². The quantitative estimate of drug-likeness (QED) is 0.870. The molecule has 1 atom stereocenters. The molecule has 2 aliphatic heterocycles. The van der Waals surface area contributed by atoms with Gasteiger partial charge in [0.25, 0.3) is 0 Å². The summed E-state index contributed by atoms with van der Waals surface area (Å²) < 4.78 is 26.9. The number of anilines is 1. The van der Waals surface area contributed by atoms with E-state index in [4.69, 9.17) is 0 Å². The number of amides is 2. The summed E-state index contributed by atoms with van der Waals surface area (Å²) in [6, 6.07) is 3.09. The van der Waals surface area contributed by atoms with E-state index < -0.39 is 17.6 Å². The van der Waals surface area contributed by atoms with Crippen LogP contribution in [0.4, 0.5) is 14.5 Å². The third-order valence-corrected chi connectivity index (χ3v) is 5.20. The number of nitrogens with one attached hydrogen (secondary N) is 2. The largest absolute Gasteiger partial charge is 0.355 e. The number of hydrogen-bond acceptors (Lipinski definition) is 3. The third-order valence-electron chi connectivity index (χ3n) is 5.20. The molecular formula is C18H23F2N3O2. The van der Waals surface area contributed by atoms with Crippen molar-refractivity contribution in [3.05, 3.63) is 29.8 Å². The number of benzene rings is 1. The highest BCUT2D eigenvalue weighted by Gasteiger charge is 2.37. The van der Waals surface area contributed by atoms with Crippen LogP contribution in [0.15, 0.2) is 18.2 Å². The molecule has 0 saturated carbocycles. The van der Waals surface area contributed by atoms with E-state index in [2.05, 4.69) is 17.6 Å². The van der Waals surface area contributed by atoms with Crippen LogP contribution in [0.2, 0.25) is 0 Å². The first-order valence-electron chi connectivity index (χ1n) is 8.62. The second-order valence-corrected chi connectivity index (χ2v) is 7.28. The summed E-state index contributed by atoms with van der Waals surface area (Å²) in [5.41, 5.74) is 0.0822. The first-order valence-corrected chi connectivity index (χ1v) is 8.62. The molecular weight excluding hydrogens is 328 g/mol. The van der Waals surface area contributed by atoms with Crippen molar-refractivity contribution in [2.24, 2.45) is 11.3 Å². The van der Waals surface area contributed by atoms with E-state index in [1.54, 1.807) is 0 Å². The molecule has 2 aliphatic rings. The topological polar surface area (TPSA) is 61.4 Å². The Bertz CT molecular complexity index is 674. The highest BCUT2D eigenvalue weighted by Crippen LogP contribution is 2.29. The Balaban J connectivity index is 1.60. The monoisotopic (exact) mass is 351 g/mol. The predicted molar refractivity (Wildman–Crippen MR) is 90.0 cm³/mol. The Morgan fingerprint density at radius 1 is 1.36 bits per heavy atom. The maximum atomic E-state index is 13.9. The molecule has 25 heavy (non-hydrogen) atoms. The Hall–Kier alpha value is -2.02. The zero-order chi connectivity index (χ0) is 18.0. The molecule has 0 spiro atoms. The molecule has 0 aliphatic carbocycles. The van der Waals surface area contributed by atoms with Gasteiger partial charge in [0.2, 0.25) is 11.8 Å². The molecule has 3 rings (SSSR count). The van der Waals surface area contributed by atoms with Crippen molar-refractivity contribution in [3.63, 3.8) is 0 Å². The van der Waals surface area contributed by atoms with Gasteiger partial charge >= 0.3 is 0 Å². The third kappa shape index (κ3) is 3.98. The fourth-order valence-electron chi connectivity index (χ4n) is 3.47. The minimum absolute atomic E-state index is 0.0204. The fourth-order valence-corrected chi connectivity index (χ4v) is 3.47. The van der Waals surface area contributed by atoms with E-state index in [1.807, 2.05) is 0 Å². The summed E-state index contributed by atoms with van der Waals surface area (Å²) in [5, 5.41) is 6.25. The molecule has 0 bridgehead atoms. The van der Waals surface area contributed by atoms with Crippen molar-refractivity contribution in [2.75, 3.05) is 31.1 Å². The summed E-state index contributed by atoms with van der Waals surface area (Å²) >= 11 is 0. The van der Waals surface area contributed by atoms with Gasteiger partial charge in [-0.1, -0.05) is 6.92 Å². The Kier molecular flexibility index (Phi) is 5.03. The minimum Gasteiger partial charge on any atom is -0.355 e. The SMILES string of the molecule is CC1(CNC(=O)C2CC(=O)N(c3ccc(F)cc3F)C2)CCNCC1. The van der Waals surface area contributed by atoms with Gasteiger partial charge in [-0.3, -0.25) is 9.59 Å². The van der Waals surface area contributed by atoms with Gasteiger partial charge in [-0.25, -0.2) is 8.78 Å². The lowest BCUT2D eigenvalue weighted by atomic mass is 9.81. The fraction of sp³-hybridized carbons (Fsp3) is 0.556. The molecule has 2 N–H and O–H groups in total. The van der Waals surface area contributed by atoms with E-state index >= 15 is 0 Å². The summed E-state index contributed by atoms with van der Waals surface area (Å²) in [7, 11) is 0. The molecule has 0 aromatic heterocycles. The maximum absolute atomic E-state index is 13.9. The van der Waals surface area contributed by atoms with Crippen LogP contribution in [0.1, 0.15) is 26.2 Å². The lowest BCUT2D eigenvalue weighted by molar-refractivity contribution is -0.126. The van der Waals surface area contributed by atoms with Crippen LogP contribution in [0.3, 0.4) is 0 Å². The maximum Gasteiger partial charge on any atom is 0.227 e. The number of hydrogen-bond donors (Lipinski definition) is 2. The van der Waals surface area contributed by atoms with Gasteiger partial charge < -0.3 is 15.5 Å². The number of halogens is 2. The number of rotatable bonds is 4. The highest BCUT2D eigenvalue weighted by atomic mass is 19.1. The van der Waals surface area contributed by atoms with Gasteiger partial charge in [0.15, 0.2) is 0 Å². The van der Waals surface area contributed by atoms with Crippen LogP contribution in [0, 0.1) is 23.0 Å².